The fourth-order valence-corrected chi connectivity index (χ4v) is 6.76. The number of aryl methyl sites for hydroxylation is 2. The maximum absolute atomic E-state index is 13.8. The molecule has 1 spiro atoms. The lowest BCUT2D eigenvalue weighted by Gasteiger charge is -2.34. The molecule has 1 aromatic rings. The fourth-order valence-electron chi connectivity index (χ4n) is 5.82. The first-order chi connectivity index (χ1) is 16.2. The van der Waals surface area contributed by atoms with Crippen LogP contribution in [0.1, 0.15) is 43.7 Å². The summed E-state index contributed by atoms with van der Waals surface area (Å²) in [6, 6.07) is 4.98. The smallest absolute Gasteiger partial charge is 0.312 e. The third kappa shape index (κ3) is 4.16. The Morgan fingerprint density at radius 1 is 1.29 bits per heavy atom. The van der Waals surface area contributed by atoms with Crippen molar-refractivity contribution in [1.82, 2.24) is 4.90 Å². The van der Waals surface area contributed by atoms with Crippen LogP contribution in [0.5, 0.6) is 0 Å². The van der Waals surface area contributed by atoms with Crippen molar-refractivity contribution >= 4 is 39.4 Å². The number of ether oxygens (including phenoxy) is 2. The predicted octanol–water partition coefficient (Wildman–Crippen LogP) is 2.72. The van der Waals surface area contributed by atoms with Gasteiger partial charge < -0.3 is 24.8 Å². The van der Waals surface area contributed by atoms with Crippen molar-refractivity contribution in [1.29, 1.82) is 0 Å². The van der Waals surface area contributed by atoms with Crippen LogP contribution in [-0.2, 0) is 23.9 Å². The van der Waals surface area contributed by atoms with Crippen molar-refractivity contribution in [3.05, 3.63) is 29.3 Å². The number of likely N-dealkylation sites (tertiary alicyclic amines) is 1. The average Bonchev–Trinajstić information content (AvgIpc) is 3.37. The van der Waals surface area contributed by atoms with Crippen LogP contribution in [-0.4, -0.2) is 70.1 Å². The number of hydrogen-bond acceptors (Lipinski definition) is 6. The molecule has 3 heterocycles. The first-order valence-electron chi connectivity index (χ1n) is 12.0. The highest BCUT2D eigenvalue weighted by Crippen LogP contribution is 2.60. The number of benzene rings is 1. The largest absolute Gasteiger partial charge is 0.466 e. The zero-order valence-electron chi connectivity index (χ0n) is 19.9. The maximum atomic E-state index is 13.8. The number of rotatable bonds is 9. The Morgan fingerprint density at radius 2 is 2.06 bits per heavy atom. The van der Waals surface area contributed by atoms with E-state index in [0.29, 0.717) is 31.5 Å². The van der Waals surface area contributed by atoms with Crippen molar-refractivity contribution in [2.24, 2.45) is 11.8 Å². The molecular weight excluding hydrogens is 504 g/mol. The van der Waals surface area contributed by atoms with Crippen LogP contribution in [0.3, 0.4) is 0 Å². The SMILES string of the molecule is CCOC(=O)[C@H]1[C@@H]2O[C@@]3(CC2Br)[C@@H]1C(=O)N(CCCCCO)[C@@H]3C(=O)Nc1cc(C)ccc1C. The minimum Gasteiger partial charge on any atom is -0.466 e. The summed E-state index contributed by atoms with van der Waals surface area (Å²) in [6.45, 7) is 6.27. The van der Waals surface area contributed by atoms with Crippen molar-refractivity contribution in [2.75, 3.05) is 25.1 Å². The second-order valence-electron chi connectivity index (χ2n) is 9.54. The van der Waals surface area contributed by atoms with Gasteiger partial charge in [0.25, 0.3) is 0 Å². The van der Waals surface area contributed by atoms with Gasteiger partial charge in [-0.25, -0.2) is 0 Å². The molecule has 0 saturated carbocycles. The number of amides is 2. The van der Waals surface area contributed by atoms with Gasteiger partial charge in [-0.1, -0.05) is 28.1 Å². The fraction of sp³-hybridized carbons (Fsp3) is 0.640. The maximum Gasteiger partial charge on any atom is 0.312 e. The molecule has 2 bridgehead atoms. The van der Waals surface area contributed by atoms with Crippen LogP contribution < -0.4 is 5.32 Å². The highest BCUT2D eigenvalue weighted by molar-refractivity contribution is 9.09. The Hall–Kier alpha value is -1.97. The number of carbonyl (C=O) groups excluding carboxylic acids is 3. The quantitative estimate of drug-likeness (QED) is 0.285. The first kappa shape index (κ1) is 25.1. The highest BCUT2D eigenvalue weighted by atomic mass is 79.9. The summed E-state index contributed by atoms with van der Waals surface area (Å²) in [7, 11) is 0. The topological polar surface area (TPSA) is 105 Å². The summed E-state index contributed by atoms with van der Waals surface area (Å²) in [5.41, 5.74) is 1.54. The third-order valence-electron chi connectivity index (χ3n) is 7.30. The van der Waals surface area contributed by atoms with Crippen molar-refractivity contribution in [2.45, 2.75) is 69.0 Å². The molecule has 3 saturated heterocycles. The van der Waals surface area contributed by atoms with Gasteiger partial charge in [0, 0.05) is 23.7 Å². The Kier molecular flexibility index (Phi) is 7.36. The van der Waals surface area contributed by atoms with Crippen molar-refractivity contribution in [3.8, 4) is 0 Å². The second kappa shape index (κ2) is 9.95. The summed E-state index contributed by atoms with van der Waals surface area (Å²) in [5.74, 6) is -2.49. The van der Waals surface area contributed by atoms with E-state index in [1.54, 1.807) is 11.8 Å². The third-order valence-corrected chi connectivity index (χ3v) is 8.15. The monoisotopic (exact) mass is 536 g/mol. The van der Waals surface area contributed by atoms with E-state index in [4.69, 9.17) is 14.6 Å². The molecule has 3 aliphatic rings. The van der Waals surface area contributed by atoms with Gasteiger partial charge in [0.15, 0.2) is 0 Å². The molecule has 0 aliphatic carbocycles. The van der Waals surface area contributed by atoms with Crippen molar-refractivity contribution in [3.63, 3.8) is 0 Å². The van der Waals surface area contributed by atoms with Gasteiger partial charge in [-0.2, -0.15) is 0 Å². The molecule has 1 aromatic carbocycles. The molecule has 2 amide bonds. The number of alkyl halides is 1. The number of unbranched alkanes of at least 4 members (excludes halogenated alkanes) is 2. The number of hydrogen-bond donors (Lipinski definition) is 2. The molecule has 0 radical (unpaired) electrons. The van der Waals surface area contributed by atoms with E-state index < -0.39 is 35.6 Å². The average molecular weight is 537 g/mol. The minimum absolute atomic E-state index is 0.0814. The molecule has 186 valence electrons. The number of halogens is 1. The molecule has 3 fully saturated rings. The van der Waals surface area contributed by atoms with E-state index in [2.05, 4.69) is 21.2 Å². The number of nitrogens with one attached hydrogen (secondary N) is 1. The number of fused-ring (bicyclic) bond motifs is 1. The van der Waals surface area contributed by atoms with Gasteiger partial charge in [0.1, 0.15) is 11.6 Å². The Balaban J connectivity index is 1.69. The molecule has 0 aromatic heterocycles. The lowest BCUT2D eigenvalue weighted by molar-refractivity contribution is -0.154. The summed E-state index contributed by atoms with van der Waals surface area (Å²) >= 11 is 3.64. The molecule has 9 heteroatoms. The van der Waals surface area contributed by atoms with Gasteiger partial charge >= 0.3 is 5.97 Å². The van der Waals surface area contributed by atoms with Crippen LogP contribution in [0.2, 0.25) is 0 Å². The predicted molar refractivity (Wildman–Crippen MR) is 130 cm³/mol. The summed E-state index contributed by atoms with van der Waals surface area (Å²) in [4.78, 5) is 41.9. The lowest BCUT2D eigenvalue weighted by Crippen LogP contribution is -2.54. The van der Waals surface area contributed by atoms with Crippen LogP contribution in [0.15, 0.2) is 18.2 Å². The number of carbonyl (C=O) groups is 3. The molecule has 34 heavy (non-hydrogen) atoms. The summed E-state index contributed by atoms with van der Waals surface area (Å²) in [5, 5.41) is 12.2. The molecule has 6 atom stereocenters. The Morgan fingerprint density at radius 3 is 2.76 bits per heavy atom. The number of esters is 1. The van der Waals surface area contributed by atoms with Crippen LogP contribution >= 0.6 is 15.9 Å². The zero-order chi connectivity index (χ0) is 24.6. The van der Waals surface area contributed by atoms with Crippen LogP contribution in [0.25, 0.3) is 0 Å². The normalized spacial score (nSPS) is 31.6. The van der Waals surface area contributed by atoms with E-state index in [-0.39, 0.29) is 29.9 Å². The van der Waals surface area contributed by atoms with Gasteiger partial charge in [-0.3, -0.25) is 14.4 Å². The molecule has 4 rings (SSSR count). The van der Waals surface area contributed by atoms with Gasteiger partial charge in [-0.15, -0.1) is 0 Å². The first-order valence-corrected chi connectivity index (χ1v) is 12.9. The number of nitrogens with zero attached hydrogens (tertiary/aromatic N) is 1. The van der Waals surface area contributed by atoms with Gasteiger partial charge in [0.2, 0.25) is 11.8 Å². The summed E-state index contributed by atoms with van der Waals surface area (Å²) in [6.07, 6.45) is 1.95. The van der Waals surface area contributed by atoms with E-state index >= 15 is 0 Å². The summed E-state index contributed by atoms with van der Waals surface area (Å²) < 4.78 is 11.7. The van der Waals surface area contributed by atoms with Crippen LogP contribution in [0.4, 0.5) is 5.69 Å². The van der Waals surface area contributed by atoms with E-state index in [1.807, 2.05) is 32.0 Å². The molecule has 1 unspecified atom stereocenters. The Labute approximate surface area is 208 Å². The second-order valence-corrected chi connectivity index (χ2v) is 10.7. The molecule has 2 N–H and O–H groups in total. The minimum atomic E-state index is -1.09. The Bertz CT molecular complexity index is 971. The van der Waals surface area contributed by atoms with E-state index in [9.17, 15) is 14.4 Å². The number of aliphatic hydroxyl groups is 1. The van der Waals surface area contributed by atoms with Crippen molar-refractivity contribution < 1.29 is 29.0 Å². The standard InChI is InChI=1S/C25H33BrN2O6/c1-4-33-24(32)18-19-23(31)28(10-6-5-7-11-29)21(25(19)13-16(26)20(18)34-25)22(30)27-17-12-14(2)8-9-15(17)3/h8-9,12,16,18-21,29H,4-7,10-11,13H2,1-3H3,(H,27,30)/t16?,18-,19+,20-,21-,25+/m1/s1. The van der Waals surface area contributed by atoms with Gasteiger partial charge in [-0.05, 0) is 63.6 Å². The molecular formula is C25H33BrN2O6. The van der Waals surface area contributed by atoms with E-state index in [1.165, 1.54) is 0 Å². The molecule has 8 nitrogen and oxygen atoms in total. The van der Waals surface area contributed by atoms with Gasteiger partial charge in [0.05, 0.1) is 24.5 Å². The number of aliphatic hydroxyl groups excluding tert-OH is 1. The van der Waals surface area contributed by atoms with Crippen LogP contribution in [0, 0.1) is 25.7 Å². The number of anilines is 1. The molecule has 3 aliphatic heterocycles. The van der Waals surface area contributed by atoms with E-state index in [0.717, 1.165) is 17.5 Å². The highest BCUT2D eigenvalue weighted by Gasteiger charge is 2.76. The zero-order valence-corrected chi connectivity index (χ0v) is 21.5. The lowest BCUT2D eigenvalue weighted by atomic mass is 9.70.